The fourth-order valence-electron chi connectivity index (χ4n) is 2.14. The molecule has 0 spiro atoms. The van der Waals surface area contributed by atoms with Crippen molar-refractivity contribution in [2.75, 3.05) is 7.11 Å². The third-order valence-electron chi connectivity index (χ3n) is 3.30. The summed E-state index contributed by atoms with van der Waals surface area (Å²) in [4.78, 5) is 24.1. The number of benzene rings is 2. The zero-order valence-electron chi connectivity index (χ0n) is 12.7. The average molecular weight is 398 g/mol. The van der Waals surface area contributed by atoms with Gasteiger partial charge < -0.3 is 10.1 Å². The summed E-state index contributed by atoms with van der Waals surface area (Å²) < 4.78 is 32.1. The summed E-state index contributed by atoms with van der Waals surface area (Å²) in [5, 5.41) is 2.42. The molecule has 0 saturated heterocycles. The van der Waals surface area contributed by atoms with Gasteiger partial charge in [-0.2, -0.15) is 0 Å². The summed E-state index contributed by atoms with van der Waals surface area (Å²) in [6.07, 6.45) is 0.167. The third kappa shape index (κ3) is 4.61. The summed E-state index contributed by atoms with van der Waals surface area (Å²) in [5.74, 6) is -3.27. The molecule has 0 aliphatic heterocycles. The molecule has 0 saturated carbocycles. The largest absolute Gasteiger partial charge is 0.467 e. The van der Waals surface area contributed by atoms with Crippen molar-refractivity contribution in [1.82, 2.24) is 5.32 Å². The molecule has 1 N–H and O–H groups in total. The number of carbonyl (C=O) groups excluding carboxylic acids is 2. The Hall–Kier alpha value is -2.28. The number of methoxy groups -OCH3 is 1. The molecule has 0 fully saturated rings. The third-order valence-corrected chi connectivity index (χ3v) is 3.79. The second-order valence-corrected chi connectivity index (χ2v) is 5.92. The number of hydrogen-bond acceptors (Lipinski definition) is 3. The van der Waals surface area contributed by atoms with Crippen molar-refractivity contribution >= 4 is 27.8 Å². The molecule has 2 aromatic carbocycles. The van der Waals surface area contributed by atoms with Crippen LogP contribution in [0, 0.1) is 11.6 Å². The van der Waals surface area contributed by atoms with Gasteiger partial charge in [-0.15, -0.1) is 0 Å². The van der Waals surface area contributed by atoms with Gasteiger partial charge in [0.05, 0.1) is 12.7 Å². The fraction of sp³-hybridized carbons (Fsp3) is 0.176. The fourth-order valence-corrected chi connectivity index (χ4v) is 2.59. The van der Waals surface area contributed by atoms with Crippen LogP contribution in [0.3, 0.4) is 0 Å². The van der Waals surface area contributed by atoms with E-state index >= 15 is 0 Å². The average Bonchev–Trinajstić information content (AvgIpc) is 2.53. The van der Waals surface area contributed by atoms with Gasteiger partial charge in [0.15, 0.2) is 0 Å². The summed E-state index contributed by atoms with van der Waals surface area (Å²) in [6, 6.07) is 8.79. The van der Waals surface area contributed by atoms with E-state index in [2.05, 4.69) is 26.0 Å². The first-order valence-corrected chi connectivity index (χ1v) is 7.78. The lowest BCUT2D eigenvalue weighted by molar-refractivity contribution is -0.142. The Kier molecular flexibility index (Phi) is 6.03. The minimum absolute atomic E-state index is 0.167. The Labute approximate surface area is 145 Å². The first kappa shape index (κ1) is 18.1. The molecule has 1 amide bonds. The minimum atomic E-state index is -1.00. The molecule has 0 unspecified atom stereocenters. The second kappa shape index (κ2) is 8.01. The zero-order valence-corrected chi connectivity index (χ0v) is 14.3. The molecule has 0 bridgehead atoms. The molecule has 0 heterocycles. The van der Waals surface area contributed by atoms with Crippen LogP contribution in [-0.2, 0) is 16.0 Å². The van der Waals surface area contributed by atoms with Crippen molar-refractivity contribution in [3.8, 4) is 0 Å². The molecular formula is C17H14BrF2NO3. The predicted molar refractivity (Wildman–Crippen MR) is 87.5 cm³/mol. The van der Waals surface area contributed by atoms with Gasteiger partial charge in [0.2, 0.25) is 0 Å². The number of rotatable bonds is 5. The number of amides is 1. The lowest BCUT2D eigenvalue weighted by Crippen LogP contribution is -2.43. The minimum Gasteiger partial charge on any atom is -0.467 e. The number of hydrogen-bond donors (Lipinski definition) is 1. The molecule has 2 aromatic rings. The smallest absolute Gasteiger partial charge is 0.328 e. The van der Waals surface area contributed by atoms with E-state index in [1.165, 1.54) is 7.11 Å². The first-order valence-electron chi connectivity index (χ1n) is 6.99. The van der Waals surface area contributed by atoms with Crippen LogP contribution in [-0.4, -0.2) is 25.0 Å². The molecule has 1 atom stereocenters. The highest BCUT2D eigenvalue weighted by Crippen LogP contribution is 2.15. The highest BCUT2D eigenvalue weighted by Gasteiger charge is 2.24. The van der Waals surface area contributed by atoms with Gasteiger partial charge in [-0.25, -0.2) is 13.6 Å². The zero-order chi connectivity index (χ0) is 17.7. The van der Waals surface area contributed by atoms with E-state index < -0.39 is 29.6 Å². The van der Waals surface area contributed by atoms with Crippen LogP contribution in [0.5, 0.6) is 0 Å². The quantitative estimate of drug-likeness (QED) is 0.787. The molecular weight excluding hydrogens is 384 g/mol. The molecule has 7 heteroatoms. The highest BCUT2D eigenvalue weighted by atomic mass is 79.9. The van der Waals surface area contributed by atoms with E-state index in [0.717, 1.165) is 22.2 Å². The van der Waals surface area contributed by atoms with Crippen LogP contribution in [0.2, 0.25) is 0 Å². The van der Waals surface area contributed by atoms with Crippen molar-refractivity contribution in [2.24, 2.45) is 0 Å². The predicted octanol–water partition coefficient (Wildman–Crippen LogP) is 3.24. The van der Waals surface area contributed by atoms with Gasteiger partial charge in [-0.3, -0.25) is 4.79 Å². The van der Waals surface area contributed by atoms with Crippen molar-refractivity contribution < 1.29 is 23.1 Å². The van der Waals surface area contributed by atoms with Crippen LogP contribution in [0.4, 0.5) is 8.78 Å². The second-order valence-electron chi connectivity index (χ2n) is 5.01. The van der Waals surface area contributed by atoms with Crippen LogP contribution in [0.15, 0.2) is 46.9 Å². The first-order chi connectivity index (χ1) is 11.4. The van der Waals surface area contributed by atoms with E-state index in [0.29, 0.717) is 6.07 Å². The van der Waals surface area contributed by atoms with Crippen LogP contribution >= 0.6 is 15.9 Å². The van der Waals surface area contributed by atoms with Crippen LogP contribution in [0.1, 0.15) is 15.9 Å². The lowest BCUT2D eigenvalue weighted by Gasteiger charge is -2.17. The Morgan fingerprint density at radius 3 is 2.58 bits per heavy atom. The van der Waals surface area contributed by atoms with Crippen LogP contribution in [0.25, 0.3) is 0 Å². The number of halogens is 3. The van der Waals surface area contributed by atoms with Gasteiger partial charge in [-0.1, -0.05) is 28.1 Å². The van der Waals surface area contributed by atoms with Crippen molar-refractivity contribution in [3.05, 3.63) is 69.7 Å². The molecule has 2 rings (SSSR count). The Balaban J connectivity index is 2.19. The lowest BCUT2D eigenvalue weighted by atomic mass is 10.1. The van der Waals surface area contributed by atoms with Crippen molar-refractivity contribution in [3.63, 3.8) is 0 Å². The van der Waals surface area contributed by atoms with Crippen molar-refractivity contribution in [1.29, 1.82) is 0 Å². The van der Waals surface area contributed by atoms with Gasteiger partial charge in [-0.05, 0) is 29.8 Å². The van der Waals surface area contributed by atoms with Gasteiger partial charge >= 0.3 is 5.97 Å². The standard InChI is InChI=1S/C17H14BrF2NO3/c1-24-17(23)15(8-10-3-2-4-11(18)7-10)21-16(22)13-6-5-12(19)9-14(13)20/h2-7,9,15H,8H2,1H3,(H,21,22)/t15-/m1/s1. The van der Waals surface area contributed by atoms with Gasteiger partial charge in [0, 0.05) is 17.0 Å². The Morgan fingerprint density at radius 2 is 1.96 bits per heavy atom. The number of nitrogens with one attached hydrogen (secondary N) is 1. The normalized spacial score (nSPS) is 11.7. The maximum absolute atomic E-state index is 13.7. The van der Waals surface area contributed by atoms with E-state index in [9.17, 15) is 18.4 Å². The molecule has 0 aromatic heterocycles. The van der Waals surface area contributed by atoms with E-state index in [-0.39, 0.29) is 12.0 Å². The summed E-state index contributed by atoms with van der Waals surface area (Å²) in [7, 11) is 1.20. The summed E-state index contributed by atoms with van der Waals surface area (Å²) >= 11 is 3.32. The van der Waals surface area contributed by atoms with E-state index in [1.54, 1.807) is 18.2 Å². The van der Waals surface area contributed by atoms with Crippen LogP contribution < -0.4 is 5.32 Å². The summed E-state index contributed by atoms with van der Waals surface area (Å²) in [6.45, 7) is 0. The Bertz CT molecular complexity index is 767. The topological polar surface area (TPSA) is 55.4 Å². The van der Waals surface area contributed by atoms with E-state index in [1.807, 2.05) is 6.07 Å². The molecule has 4 nitrogen and oxygen atoms in total. The maximum atomic E-state index is 13.7. The monoisotopic (exact) mass is 397 g/mol. The maximum Gasteiger partial charge on any atom is 0.328 e. The highest BCUT2D eigenvalue weighted by molar-refractivity contribution is 9.10. The summed E-state index contributed by atoms with van der Waals surface area (Å²) in [5.41, 5.74) is 0.430. The molecule has 0 aliphatic carbocycles. The number of ether oxygens (including phenoxy) is 1. The van der Waals surface area contributed by atoms with Gasteiger partial charge in [0.1, 0.15) is 17.7 Å². The molecule has 126 valence electrons. The molecule has 0 aliphatic rings. The van der Waals surface area contributed by atoms with Crippen molar-refractivity contribution in [2.45, 2.75) is 12.5 Å². The Morgan fingerprint density at radius 1 is 1.21 bits per heavy atom. The van der Waals surface area contributed by atoms with E-state index in [4.69, 9.17) is 0 Å². The SMILES string of the molecule is COC(=O)[C@@H](Cc1cccc(Br)c1)NC(=O)c1ccc(F)cc1F. The van der Waals surface area contributed by atoms with Gasteiger partial charge in [0.25, 0.3) is 5.91 Å². The number of carbonyl (C=O) groups is 2. The molecule has 0 radical (unpaired) electrons. The number of esters is 1. The molecule has 24 heavy (non-hydrogen) atoms.